The number of carbonyl (C=O) groups is 10. The van der Waals surface area contributed by atoms with Crippen LogP contribution in [0, 0.1) is 11.8 Å². The van der Waals surface area contributed by atoms with Gasteiger partial charge in [0.2, 0.25) is 53.2 Å². The maximum absolute atomic E-state index is 14.3. The number of carbonyl (C=O) groups excluding carboxylic acids is 9. The van der Waals surface area contributed by atoms with Crippen molar-refractivity contribution in [2.24, 2.45) is 23.3 Å². The van der Waals surface area contributed by atoms with E-state index >= 15 is 0 Å². The van der Waals surface area contributed by atoms with Crippen LogP contribution in [0.3, 0.4) is 0 Å². The number of rotatable bonds is 28. The number of carboxylic acids is 1. The topological polar surface area (TPSA) is 440 Å². The maximum atomic E-state index is 14.3. The smallest absolute Gasteiger partial charge is 0.328 e. The molecule has 27 heteroatoms. The third kappa shape index (κ3) is 17.7. The average molecular weight is 969 g/mol. The van der Waals surface area contributed by atoms with Crippen molar-refractivity contribution in [2.45, 2.75) is 147 Å². The number of H-pyrrole nitrogens is 1. The van der Waals surface area contributed by atoms with Gasteiger partial charge in [-0.05, 0) is 51.4 Å². The van der Waals surface area contributed by atoms with Crippen LogP contribution in [0.4, 0.5) is 0 Å². The summed E-state index contributed by atoms with van der Waals surface area (Å²) in [6, 6.07) is -13.5. The zero-order chi connectivity index (χ0) is 51.6. The van der Waals surface area contributed by atoms with Gasteiger partial charge in [0.1, 0.15) is 48.3 Å². The van der Waals surface area contributed by atoms with E-state index in [0.29, 0.717) is 12.1 Å². The van der Waals surface area contributed by atoms with Crippen LogP contribution in [0.1, 0.15) is 79.3 Å². The van der Waals surface area contributed by atoms with E-state index in [4.69, 9.17) is 11.5 Å². The highest BCUT2D eigenvalue weighted by molar-refractivity contribution is 5.98. The minimum Gasteiger partial charge on any atom is -0.480 e. The highest BCUT2D eigenvalue weighted by Crippen LogP contribution is 2.22. The molecule has 0 spiro atoms. The number of primary amides is 1. The van der Waals surface area contributed by atoms with E-state index in [1.807, 2.05) is 0 Å². The second-order valence-corrected chi connectivity index (χ2v) is 17.3. The molecular weight excluding hydrogens is 901 g/mol. The van der Waals surface area contributed by atoms with Crippen molar-refractivity contribution in [1.29, 1.82) is 0 Å². The number of aliphatic hydroxyl groups is 4. The number of aromatic amines is 1. The van der Waals surface area contributed by atoms with Gasteiger partial charge < -0.3 is 84.1 Å². The second-order valence-electron chi connectivity index (χ2n) is 17.3. The van der Waals surface area contributed by atoms with Crippen LogP contribution < -0.4 is 48.7 Å². The summed E-state index contributed by atoms with van der Waals surface area (Å²) in [5.74, 6) is -10.7. The van der Waals surface area contributed by atoms with E-state index in [-0.39, 0.29) is 38.1 Å². The van der Waals surface area contributed by atoms with Crippen LogP contribution in [-0.4, -0.2) is 186 Å². The monoisotopic (exact) mass is 968 g/mol. The number of nitrogens with one attached hydrogen (secondary N) is 8. The molecule has 0 aliphatic carbocycles. The summed E-state index contributed by atoms with van der Waals surface area (Å²) in [7, 11) is 0. The van der Waals surface area contributed by atoms with E-state index in [1.54, 1.807) is 27.7 Å². The molecule has 0 unspecified atom stereocenters. The van der Waals surface area contributed by atoms with Crippen LogP contribution in [0.15, 0.2) is 12.5 Å². The molecule has 11 atom stereocenters. The number of amides is 9. The van der Waals surface area contributed by atoms with E-state index in [9.17, 15) is 73.5 Å². The first-order valence-electron chi connectivity index (χ1n) is 22.1. The molecule has 0 aromatic carbocycles. The Balaban J connectivity index is 2.32. The zero-order valence-corrected chi connectivity index (χ0v) is 38.9. The van der Waals surface area contributed by atoms with Crippen LogP contribution in [0.25, 0.3) is 0 Å². The van der Waals surface area contributed by atoms with Crippen molar-refractivity contribution < 1.29 is 73.5 Å². The third-order valence-corrected chi connectivity index (χ3v) is 10.8. The molecule has 68 heavy (non-hydrogen) atoms. The molecule has 1 aromatic heterocycles. The van der Waals surface area contributed by atoms with E-state index in [1.165, 1.54) is 24.3 Å². The third-order valence-electron chi connectivity index (χ3n) is 10.8. The molecule has 0 bridgehead atoms. The number of imidazole rings is 1. The summed E-state index contributed by atoms with van der Waals surface area (Å²) in [5, 5.41) is 65.8. The summed E-state index contributed by atoms with van der Waals surface area (Å²) in [5.41, 5.74) is 11.0. The number of hydrogen-bond donors (Lipinski definition) is 15. The summed E-state index contributed by atoms with van der Waals surface area (Å²) in [6.07, 6.45) is -0.899. The number of aromatic nitrogens is 2. The second kappa shape index (κ2) is 27.5. The lowest BCUT2D eigenvalue weighted by Crippen LogP contribution is -2.63. The van der Waals surface area contributed by atoms with Gasteiger partial charge in [0.05, 0.1) is 31.7 Å². The van der Waals surface area contributed by atoms with Gasteiger partial charge in [-0.25, -0.2) is 9.78 Å². The lowest BCUT2D eigenvalue weighted by molar-refractivity contribution is -0.146. The summed E-state index contributed by atoms with van der Waals surface area (Å²) in [4.78, 5) is 139. The zero-order valence-electron chi connectivity index (χ0n) is 38.9. The van der Waals surface area contributed by atoms with Gasteiger partial charge in [-0.1, -0.05) is 27.7 Å². The Hall–Kier alpha value is -6.29. The van der Waals surface area contributed by atoms with Crippen LogP contribution in [0.2, 0.25) is 0 Å². The van der Waals surface area contributed by atoms with Gasteiger partial charge in [0.15, 0.2) is 6.04 Å². The Bertz CT molecular complexity index is 1910. The molecule has 17 N–H and O–H groups in total. The van der Waals surface area contributed by atoms with Crippen molar-refractivity contribution in [3.8, 4) is 0 Å². The number of aliphatic hydroxyl groups excluding tert-OH is 4. The minimum atomic E-state index is -1.84. The molecule has 2 heterocycles. The molecule has 1 saturated heterocycles. The first-order valence-corrected chi connectivity index (χ1v) is 22.1. The van der Waals surface area contributed by atoms with Crippen LogP contribution in [0.5, 0.6) is 0 Å². The number of hydrogen-bond acceptors (Lipinski definition) is 16. The SMILES string of the molecule is CC(C)C[C@H](NC(=O)[C@@H]1CCCN1C(=O)[C@@H](NC(=O)[C@H](Cc1cnc[nH]1)NC(=O)[C@@H](NC(=O)[C@H](CO)NC(=O)[C@H](CCC(N)=O)NC(=O)[C@@H](N)CO)[C@@H](C)O)C(C)C)C(=O)N[C@H](C(=O)O)[C@@H](C)O. The molecule has 0 radical (unpaired) electrons. The lowest BCUT2D eigenvalue weighted by atomic mass is 10.00. The Morgan fingerprint density at radius 1 is 0.721 bits per heavy atom. The van der Waals surface area contributed by atoms with Crippen molar-refractivity contribution in [1.82, 2.24) is 52.1 Å². The molecule has 1 fully saturated rings. The maximum Gasteiger partial charge on any atom is 0.328 e. The molecular formula is C41H68N12O15. The summed E-state index contributed by atoms with van der Waals surface area (Å²) in [6.45, 7) is 7.30. The lowest BCUT2D eigenvalue weighted by Gasteiger charge is -2.32. The quantitative estimate of drug-likeness (QED) is 0.0371. The molecule has 0 saturated carbocycles. The van der Waals surface area contributed by atoms with E-state index in [0.717, 1.165) is 6.92 Å². The molecule has 1 aliphatic rings. The standard InChI is InChI=1S/C41H68N12O15/c1-18(2)12-25(35(61)52-32(21(6)57)41(67)68)47-38(64)28-8-7-11-53(28)40(66)30(19(3)4)50-36(62)26(13-22-14-44-17-45-22)48-39(65)31(20(5)56)51-37(63)27(16-55)49-34(60)24(9-10-29(43)58)46-33(59)23(42)15-54/h14,17-21,23-28,30-32,54-57H,7-13,15-16,42H2,1-6H3,(H2,43,58)(H,44,45)(H,46,59)(H,47,64)(H,48,65)(H,49,60)(H,50,62)(H,51,63)(H,52,61)(H,67,68)/t20-,21-,23+,24+,25+,26+,27+,28+,30+,31+,32+/m1/s1. The van der Waals surface area contributed by atoms with E-state index < -0.39 is 151 Å². The molecule has 9 amide bonds. The predicted octanol–water partition coefficient (Wildman–Crippen LogP) is -6.54. The van der Waals surface area contributed by atoms with Crippen LogP contribution in [-0.2, 0) is 54.4 Å². The predicted molar refractivity (Wildman–Crippen MR) is 236 cm³/mol. The normalized spacial score (nSPS) is 18.0. The highest BCUT2D eigenvalue weighted by atomic mass is 16.4. The average Bonchev–Trinajstić information content (AvgIpc) is 3.98. The molecule has 27 nitrogen and oxygen atoms in total. The fourth-order valence-corrected chi connectivity index (χ4v) is 6.99. The molecule has 382 valence electrons. The van der Waals surface area contributed by atoms with Crippen molar-refractivity contribution in [3.05, 3.63) is 18.2 Å². The van der Waals surface area contributed by atoms with Gasteiger partial charge in [-0.2, -0.15) is 0 Å². The van der Waals surface area contributed by atoms with Crippen LogP contribution >= 0.6 is 0 Å². The first-order chi connectivity index (χ1) is 31.8. The van der Waals surface area contributed by atoms with Gasteiger partial charge >= 0.3 is 5.97 Å². The molecule has 2 rings (SSSR count). The van der Waals surface area contributed by atoms with Crippen molar-refractivity contribution >= 4 is 59.1 Å². The molecule has 1 aliphatic heterocycles. The number of carboxylic acid groups (broad SMARTS) is 1. The Kier molecular flexibility index (Phi) is 23.4. The minimum absolute atomic E-state index is 0.0834. The Morgan fingerprint density at radius 2 is 1.26 bits per heavy atom. The Labute approximate surface area is 392 Å². The fourth-order valence-electron chi connectivity index (χ4n) is 6.99. The highest BCUT2D eigenvalue weighted by Gasteiger charge is 2.42. The van der Waals surface area contributed by atoms with Crippen molar-refractivity contribution in [2.75, 3.05) is 19.8 Å². The summed E-state index contributed by atoms with van der Waals surface area (Å²) < 4.78 is 0. The van der Waals surface area contributed by atoms with Gasteiger partial charge in [-0.15, -0.1) is 0 Å². The van der Waals surface area contributed by atoms with Crippen molar-refractivity contribution in [3.63, 3.8) is 0 Å². The molecule has 1 aromatic rings. The van der Waals surface area contributed by atoms with Gasteiger partial charge in [0.25, 0.3) is 0 Å². The van der Waals surface area contributed by atoms with Gasteiger partial charge in [0, 0.05) is 31.3 Å². The number of aliphatic carboxylic acids is 1. The number of nitrogens with zero attached hydrogens (tertiary/aromatic N) is 2. The van der Waals surface area contributed by atoms with Gasteiger partial charge in [-0.3, -0.25) is 43.2 Å². The number of likely N-dealkylation sites (tertiary alicyclic amines) is 1. The fraction of sp³-hybridized carbons (Fsp3) is 0.683. The summed E-state index contributed by atoms with van der Waals surface area (Å²) >= 11 is 0. The first kappa shape index (κ1) is 57.8. The van der Waals surface area contributed by atoms with E-state index in [2.05, 4.69) is 47.2 Å². The largest absolute Gasteiger partial charge is 0.480 e. The Morgan fingerprint density at radius 3 is 1.78 bits per heavy atom. The number of nitrogens with two attached hydrogens (primary N) is 2.